The van der Waals surface area contributed by atoms with Crippen molar-refractivity contribution in [2.24, 2.45) is 5.73 Å². The average Bonchev–Trinajstić information content (AvgIpc) is 3.21. The Morgan fingerprint density at radius 2 is 1.61 bits per heavy atom. The number of methoxy groups -OCH3 is 2. The Balaban J connectivity index is 0.00000280. The molecule has 0 aromatic heterocycles. The van der Waals surface area contributed by atoms with Crippen LogP contribution in [-0.2, 0) is 9.53 Å². The topological polar surface area (TPSA) is 94.3 Å². The van der Waals surface area contributed by atoms with Crippen LogP contribution in [0, 0.1) is 0 Å². The average molecular weight is 414 g/mol. The molecule has 2 atom stereocenters. The van der Waals surface area contributed by atoms with Gasteiger partial charge in [0.25, 0.3) is 11.8 Å². The first-order valence-corrected chi connectivity index (χ1v) is 9.22. The van der Waals surface area contributed by atoms with E-state index in [4.69, 9.17) is 19.9 Å². The summed E-state index contributed by atoms with van der Waals surface area (Å²) >= 11 is 0. The molecule has 156 valence electrons. The van der Waals surface area contributed by atoms with Crippen molar-refractivity contribution in [1.82, 2.24) is 9.80 Å². The van der Waals surface area contributed by atoms with E-state index in [1.807, 2.05) is 0 Å². The van der Waals surface area contributed by atoms with Gasteiger partial charge in [0, 0.05) is 44.4 Å². The first kappa shape index (κ1) is 22.3. The lowest BCUT2D eigenvalue weighted by Crippen LogP contribution is -2.53. The van der Waals surface area contributed by atoms with Crippen molar-refractivity contribution < 1.29 is 23.8 Å². The molecule has 2 heterocycles. The highest BCUT2D eigenvalue weighted by Gasteiger charge is 2.34. The molecule has 0 unspecified atom stereocenters. The molecular formula is C19H28ClN3O5. The van der Waals surface area contributed by atoms with Crippen LogP contribution in [0.3, 0.4) is 0 Å². The van der Waals surface area contributed by atoms with Crippen LogP contribution >= 0.6 is 12.4 Å². The number of piperazine rings is 1. The summed E-state index contributed by atoms with van der Waals surface area (Å²) in [5.74, 6) is 1.04. The highest BCUT2D eigenvalue weighted by molar-refractivity contribution is 5.95. The van der Waals surface area contributed by atoms with Crippen molar-refractivity contribution in [3.63, 3.8) is 0 Å². The maximum atomic E-state index is 12.8. The number of carbonyl (C=O) groups is 2. The lowest BCUT2D eigenvalue weighted by molar-refractivity contribution is -0.144. The Hall–Kier alpha value is -2.03. The predicted octanol–water partition coefficient (Wildman–Crippen LogP) is 0.916. The molecule has 1 aromatic rings. The van der Waals surface area contributed by atoms with Crippen LogP contribution in [0.4, 0.5) is 0 Å². The van der Waals surface area contributed by atoms with Gasteiger partial charge in [-0.2, -0.15) is 0 Å². The monoisotopic (exact) mass is 413 g/mol. The number of hydrogen-bond acceptors (Lipinski definition) is 6. The second kappa shape index (κ2) is 9.95. The minimum absolute atomic E-state index is 0. The van der Waals surface area contributed by atoms with Gasteiger partial charge in [0.15, 0.2) is 0 Å². The summed E-state index contributed by atoms with van der Waals surface area (Å²) in [7, 11) is 3.10. The van der Waals surface area contributed by atoms with Gasteiger partial charge in [-0.3, -0.25) is 9.59 Å². The minimum atomic E-state index is -0.400. The van der Waals surface area contributed by atoms with Crippen molar-refractivity contribution in [3.8, 4) is 11.5 Å². The highest BCUT2D eigenvalue weighted by Crippen LogP contribution is 2.24. The normalized spacial score (nSPS) is 21.8. The molecule has 0 bridgehead atoms. The van der Waals surface area contributed by atoms with Crippen LogP contribution in [0.25, 0.3) is 0 Å². The Morgan fingerprint density at radius 1 is 1.04 bits per heavy atom. The molecule has 0 radical (unpaired) electrons. The van der Waals surface area contributed by atoms with Crippen LogP contribution in [0.2, 0.25) is 0 Å². The second-order valence-electron chi connectivity index (χ2n) is 6.78. The third-order valence-electron chi connectivity index (χ3n) is 5.12. The van der Waals surface area contributed by atoms with Crippen LogP contribution in [0.1, 0.15) is 23.2 Å². The standard InChI is InChI=1S/C19H27N3O5.ClH/c1-25-15-9-13(10-16(11-15)26-2)18(23)21-5-7-22(8-6-21)19(24)17-4-3-14(12-20)27-17;/h9-11,14,17H,3-8,12,20H2,1-2H3;1H/t14-,17+;/m1./s1. The van der Waals surface area contributed by atoms with E-state index in [1.165, 1.54) is 0 Å². The Kier molecular flexibility index (Phi) is 7.91. The van der Waals surface area contributed by atoms with Crippen LogP contribution in [-0.4, -0.2) is 80.8 Å². The quantitative estimate of drug-likeness (QED) is 0.771. The number of nitrogens with zero attached hydrogens (tertiary/aromatic N) is 2. The third-order valence-corrected chi connectivity index (χ3v) is 5.12. The van der Waals surface area contributed by atoms with Crippen molar-refractivity contribution in [2.75, 3.05) is 46.9 Å². The Labute approximate surface area is 171 Å². The molecule has 0 spiro atoms. The molecular weight excluding hydrogens is 386 g/mol. The summed E-state index contributed by atoms with van der Waals surface area (Å²) in [6.07, 6.45) is 1.11. The number of nitrogens with two attached hydrogens (primary N) is 1. The molecule has 2 amide bonds. The number of halogens is 1. The van der Waals surface area contributed by atoms with Gasteiger partial charge in [0.1, 0.15) is 17.6 Å². The van der Waals surface area contributed by atoms with Crippen LogP contribution in [0.5, 0.6) is 11.5 Å². The SMILES string of the molecule is COc1cc(OC)cc(C(=O)N2CCN(C(=O)[C@@H]3CC[C@H](CN)O3)CC2)c1.Cl. The molecule has 9 heteroatoms. The maximum Gasteiger partial charge on any atom is 0.254 e. The number of ether oxygens (including phenoxy) is 3. The lowest BCUT2D eigenvalue weighted by atomic mass is 10.1. The fourth-order valence-electron chi connectivity index (χ4n) is 3.51. The first-order valence-electron chi connectivity index (χ1n) is 9.22. The maximum absolute atomic E-state index is 12.8. The smallest absolute Gasteiger partial charge is 0.254 e. The predicted molar refractivity (Wildman–Crippen MR) is 106 cm³/mol. The second-order valence-corrected chi connectivity index (χ2v) is 6.78. The van der Waals surface area contributed by atoms with E-state index < -0.39 is 6.10 Å². The Morgan fingerprint density at radius 3 is 2.11 bits per heavy atom. The molecule has 2 saturated heterocycles. The molecule has 2 aliphatic heterocycles. The molecule has 3 rings (SSSR count). The summed E-state index contributed by atoms with van der Waals surface area (Å²) < 4.78 is 16.2. The molecule has 2 aliphatic rings. The van der Waals surface area contributed by atoms with Crippen molar-refractivity contribution >= 4 is 24.2 Å². The van der Waals surface area contributed by atoms with Gasteiger partial charge in [0.2, 0.25) is 0 Å². The van der Waals surface area contributed by atoms with Crippen molar-refractivity contribution in [3.05, 3.63) is 23.8 Å². The van der Waals surface area contributed by atoms with Crippen LogP contribution in [0.15, 0.2) is 18.2 Å². The summed E-state index contributed by atoms with van der Waals surface area (Å²) in [6.45, 7) is 2.40. The first-order chi connectivity index (χ1) is 13.0. The van der Waals surface area contributed by atoms with Gasteiger partial charge >= 0.3 is 0 Å². The van der Waals surface area contributed by atoms with E-state index in [0.29, 0.717) is 56.2 Å². The zero-order chi connectivity index (χ0) is 19.4. The molecule has 1 aromatic carbocycles. The Bertz CT molecular complexity index is 672. The fourth-order valence-corrected chi connectivity index (χ4v) is 3.51. The summed E-state index contributed by atoms with van der Waals surface area (Å²) in [4.78, 5) is 28.9. The van der Waals surface area contributed by atoms with E-state index in [2.05, 4.69) is 0 Å². The zero-order valence-electron chi connectivity index (χ0n) is 16.3. The van der Waals surface area contributed by atoms with E-state index in [1.54, 1.807) is 42.2 Å². The number of hydrogen-bond donors (Lipinski definition) is 1. The van der Waals surface area contributed by atoms with E-state index in [-0.39, 0.29) is 30.3 Å². The summed E-state index contributed by atoms with van der Waals surface area (Å²) in [5.41, 5.74) is 6.12. The molecule has 0 saturated carbocycles. The largest absolute Gasteiger partial charge is 0.497 e. The summed E-state index contributed by atoms with van der Waals surface area (Å²) in [5, 5.41) is 0. The van der Waals surface area contributed by atoms with E-state index in [0.717, 1.165) is 6.42 Å². The van der Waals surface area contributed by atoms with Gasteiger partial charge in [-0.25, -0.2) is 0 Å². The number of carbonyl (C=O) groups excluding carboxylic acids is 2. The van der Waals surface area contributed by atoms with Gasteiger partial charge in [0.05, 0.1) is 20.3 Å². The fraction of sp³-hybridized carbons (Fsp3) is 0.579. The van der Waals surface area contributed by atoms with Crippen LogP contribution < -0.4 is 15.2 Å². The number of rotatable bonds is 5. The van der Waals surface area contributed by atoms with Gasteiger partial charge < -0.3 is 29.7 Å². The number of benzene rings is 1. The molecule has 2 fully saturated rings. The van der Waals surface area contributed by atoms with Crippen molar-refractivity contribution in [2.45, 2.75) is 25.0 Å². The van der Waals surface area contributed by atoms with Gasteiger partial charge in [-0.05, 0) is 25.0 Å². The van der Waals surface area contributed by atoms with Gasteiger partial charge in [-0.1, -0.05) is 0 Å². The van der Waals surface area contributed by atoms with E-state index in [9.17, 15) is 9.59 Å². The lowest BCUT2D eigenvalue weighted by Gasteiger charge is -2.36. The molecule has 0 aliphatic carbocycles. The molecule has 2 N–H and O–H groups in total. The molecule has 28 heavy (non-hydrogen) atoms. The highest BCUT2D eigenvalue weighted by atomic mass is 35.5. The minimum Gasteiger partial charge on any atom is -0.497 e. The third kappa shape index (κ3) is 4.87. The summed E-state index contributed by atoms with van der Waals surface area (Å²) in [6, 6.07) is 5.12. The van der Waals surface area contributed by atoms with Crippen molar-refractivity contribution in [1.29, 1.82) is 0 Å². The number of amides is 2. The molecule has 8 nitrogen and oxygen atoms in total. The van der Waals surface area contributed by atoms with E-state index >= 15 is 0 Å². The zero-order valence-corrected chi connectivity index (χ0v) is 17.1. The van der Waals surface area contributed by atoms with Gasteiger partial charge in [-0.15, -0.1) is 12.4 Å².